The second kappa shape index (κ2) is 12.3. The Morgan fingerprint density at radius 1 is 1.20 bits per heavy atom. The lowest BCUT2D eigenvalue weighted by atomic mass is 9.93. The third-order valence-electron chi connectivity index (χ3n) is 7.48. The fourth-order valence-electron chi connectivity index (χ4n) is 5.28. The summed E-state index contributed by atoms with van der Waals surface area (Å²) in [5, 5.41) is 16.4. The molecule has 3 aromatic rings. The fourth-order valence-corrected chi connectivity index (χ4v) is 5.48. The van der Waals surface area contributed by atoms with Gasteiger partial charge in [0.05, 0.1) is 53.5 Å². The SMILES string of the molecule is COC1CCC(Nc2ncc(Cl)c(-c3cnc4c(c3)C(=O)N(CC(=O)N[C@H](CO)c3cccc(C)c3)C4)n2)CC1. The highest BCUT2D eigenvalue weighted by Gasteiger charge is 2.31. The van der Waals surface area contributed by atoms with Crippen molar-refractivity contribution in [2.24, 2.45) is 0 Å². The number of carbonyl (C=O) groups is 2. The number of aliphatic hydroxyl groups excluding tert-OH is 1. The number of anilines is 1. The van der Waals surface area contributed by atoms with Crippen LogP contribution in [0.15, 0.2) is 42.7 Å². The number of aliphatic hydroxyl groups is 1. The summed E-state index contributed by atoms with van der Waals surface area (Å²) in [7, 11) is 1.75. The van der Waals surface area contributed by atoms with E-state index in [9.17, 15) is 14.7 Å². The molecule has 1 aliphatic carbocycles. The highest BCUT2D eigenvalue weighted by molar-refractivity contribution is 6.32. The third-order valence-corrected chi connectivity index (χ3v) is 7.76. The molecule has 3 N–H and O–H groups in total. The monoisotopic (exact) mass is 564 g/mol. The van der Waals surface area contributed by atoms with Gasteiger partial charge in [-0.1, -0.05) is 41.4 Å². The molecule has 5 rings (SSSR count). The van der Waals surface area contributed by atoms with E-state index in [1.54, 1.807) is 25.6 Å². The van der Waals surface area contributed by atoms with E-state index in [4.69, 9.17) is 16.3 Å². The van der Waals surface area contributed by atoms with Gasteiger partial charge in [0.25, 0.3) is 5.91 Å². The van der Waals surface area contributed by atoms with Gasteiger partial charge in [-0.05, 0) is 44.2 Å². The van der Waals surface area contributed by atoms with Crippen molar-refractivity contribution in [1.29, 1.82) is 0 Å². The fraction of sp³-hybridized carbons (Fsp3) is 0.414. The molecule has 2 amide bonds. The van der Waals surface area contributed by atoms with Crippen LogP contribution < -0.4 is 10.6 Å². The van der Waals surface area contributed by atoms with E-state index in [1.807, 2.05) is 31.2 Å². The van der Waals surface area contributed by atoms with Crippen LogP contribution in [0.2, 0.25) is 5.02 Å². The summed E-state index contributed by atoms with van der Waals surface area (Å²) >= 11 is 6.45. The van der Waals surface area contributed by atoms with Gasteiger partial charge in [-0.15, -0.1) is 0 Å². The Hall–Kier alpha value is -3.60. The first kappa shape index (κ1) is 27.9. The number of pyridine rings is 1. The highest BCUT2D eigenvalue weighted by atomic mass is 35.5. The van der Waals surface area contributed by atoms with E-state index in [1.165, 1.54) is 4.90 Å². The predicted molar refractivity (Wildman–Crippen MR) is 151 cm³/mol. The summed E-state index contributed by atoms with van der Waals surface area (Å²) in [6, 6.07) is 8.98. The lowest BCUT2D eigenvalue weighted by molar-refractivity contribution is -0.122. The van der Waals surface area contributed by atoms with E-state index in [2.05, 4.69) is 25.6 Å². The van der Waals surface area contributed by atoms with Crippen molar-refractivity contribution >= 4 is 29.4 Å². The van der Waals surface area contributed by atoms with Crippen molar-refractivity contribution in [3.63, 3.8) is 0 Å². The van der Waals surface area contributed by atoms with Gasteiger partial charge >= 0.3 is 0 Å². The molecule has 1 saturated carbocycles. The molecule has 40 heavy (non-hydrogen) atoms. The molecule has 210 valence electrons. The smallest absolute Gasteiger partial charge is 0.256 e. The number of methoxy groups -OCH3 is 1. The maximum Gasteiger partial charge on any atom is 0.256 e. The Morgan fingerprint density at radius 3 is 2.73 bits per heavy atom. The molecule has 0 radical (unpaired) electrons. The summed E-state index contributed by atoms with van der Waals surface area (Å²) in [5.41, 5.74) is 3.89. The number of nitrogens with one attached hydrogen (secondary N) is 2. The topological polar surface area (TPSA) is 130 Å². The Labute approximate surface area is 238 Å². The molecule has 2 aliphatic rings. The van der Waals surface area contributed by atoms with Crippen molar-refractivity contribution in [3.8, 4) is 11.3 Å². The molecule has 1 aromatic carbocycles. The molecule has 0 saturated heterocycles. The molecular formula is C29H33ClN6O4. The molecule has 3 heterocycles. The molecule has 1 fully saturated rings. The molecule has 1 atom stereocenters. The standard InChI is InChI=1S/C29H33ClN6O4/c1-17-4-3-5-18(10-17)25(16-37)34-26(38)15-36-14-24-22(28(36)39)11-19(12-31-24)27-23(30)13-32-29(35-27)33-20-6-8-21(40-2)9-7-20/h3-5,10-13,20-21,25,37H,6-9,14-16H2,1-2H3,(H,34,38)(H,32,33,35)/t20?,21?,25-/m1/s1. The molecule has 0 bridgehead atoms. The van der Waals surface area contributed by atoms with Gasteiger partial charge in [-0.25, -0.2) is 9.97 Å². The first-order valence-corrected chi connectivity index (χ1v) is 13.8. The van der Waals surface area contributed by atoms with E-state index < -0.39 is 6.04 Å². The average Bonchev–Trinajstić information content (AvgIpc) is 3.27. The number of amides is 2. The van der Waals surface area contributed by atoms with E-state index in [0.29, 0.717) is 39.6 Å². The van der Waals surface area contributed by atoms with Crippen LogP contribution in [0.3, 0.4) is 0 Å². The maximum atomic E-state index is 13.2. The molecule has 11 heteroatoms. The Kier molecular flexibility index (Phi) is 8.58. The zero-order valence-corrected chi connectivity index (χ0v) is 23.3. The summed E-state index contributed by atoms with van der Waals surface area (Å²) in [4.78, 5) is 40.9. The zero-order chi connectivity index (χ0) is 28.2. The lowest BCUT2D eigenvalue weighted by Gasteiger charge is -2.28. The second-order valence-electron chi connectivity index (χ2n) is 10.3. The van der Waals surface area contributed by atoms with Crippen LogP contribution in [-0.4, -0.2) is 69.2 Å². The molecule has 0 unspecified atom stereocenters. The summed E-state index contributed by atoms with van der Waals surface area (Å²) in [5.74, 6) is -0.192. The second-order valence-corrected chi connectivity index (χ2v) is 10.7. The van der Waals surface area contributed by atoms with Gasteiger partial charge in [0, 0.05) is 24.9 Å². The molecular weight excluding hydrogens is 532 g/mol. The lowest BCUT2D eigenvalue weighted by Crippen LogP contribution is -2.40. The minimum atomic E-state index is -0.560. The van der Waals surface area contributed by atoms with Crippen LogP contribution in [0.25, 0.3) is 11.3 Å². The molecule has 0 spiro atoms. The Morgan fingerprint density at radius 2 is 2.00 bits per heavy atom. The van der Waals surface area contributed by atoms with Crippen LogP contribution in [0, 0.1) is 6.92 Å². The number of aryl methyl sites for hydroxylation is 1. The number of nitrogens with zero attached hydrogens (tertiary/aromatic N) is 4. The Balaban J connectivity index is 1.26. The number of halogens is 1. The minimum absolute atomic E-state index is 0.152. The largest absolute Gasteiger partial charge is 0.394 e. The number of benzene rings is 1. The normalized spacial score (nSPS) is 19.3. The summed E-state index contributed by atoms with van der Waals surface area (Å²) < 4.78 is 5.45. The minimum Gasteiger partial charge on any atom is -0.394 e. The van der Waals surface area contributed by atoms with Crippen LogP contribution in [0.1, 0.15) is 58.9 Å². The van der Waals surface area contributed by atoms with E-state index >= 15 is 0 Å². The van der Waals surface area contributed by atoms with Gasteiger partial charge in [-0.3, -0.25) is 14.6 Å². The number of ether oxygens (including phenoxy) is 1. The van der Waals surface area contributed by atoms with E-state index in [0.717, 1.165) is 36.8 Å². The van der Waals surface area contributed by atoms with Crippen LogP contribution in [0.5, 0.6) is 0 Å². The third kappa shape index (κ3) is 6.24. The van der Waals surface area contributed by atoms with Gasteiger partial charge in [0.2, 0.25) is 11.9 Å². The predicted octanol–water partition coefficient (Wildman–Crippen LogP) is 3.68. The number of carbonyl (C=O) groups excluding carboxylic acids is 2. The Bertz CT molecular complexity index is 1390. The number of hydrogen-bond acceptors (Lipinski definition) is 8. The zero-order valence-electron chi connectivity index (χ0n) is 22.6. The van der Waals surface area contributed by atoms with Gasteiger partial charge < -0.3 is 25.4 Å². The van der Waals surface area contributed by atoms with E-state index in [-0.39, 0.29) is 37.6 Å². The van der Waals surface area contributed by atoms with Crippen LogP contribution in [0.4, 0.5) is 5.95 Å². The van der Waals surface area contributed by atoms with Gasteiger partial charge in [0.1, 0.15) is 6.54 Å². The number of rotatable bonds is 9. The quantitative estimate of drug-likeness (QED) is 0.359. The number of hydrogen-bond donors (Lipinski definition) is 3. The van der Waals surface area contributed by atoms with Crippen molar-refractivity contribution in [2.45, 2.75) is 57.3 Å². The van der Waals surface area contributed by atoms with Crippen LogP contribution >= 0.6 is 11.6 Å². The maximum absolute atomic E-state index is 13.2. The molecule has 2 aromatic heterocycles. The summed E-state index contributed by atoms with van der Waals surface area (Å²) in [6.45, 7) is 1.76. The number of fused-ring (bicyclic) bond motifs is 1. The van der Waals surface area contributed by atoms with Crippen molar-refractivity contribution in [3.05, 3.63) is 70.1 Å². The first-order chi connectivity index (χ1) is 19.3. The number of aromatic nitrogens is 3. The first-order valence-electron chi connectivity index (χ1n) is 13.4. The van der Waals surface area contributed by atoms with Crippen molar-refractivity contribution < 1.29 is 19.4 Å². The van der Waals surface area contributed by atoms with Gasteiger partial charge in [-0.2, -0.15) is 0 Å². The van der Waals surface area contributed by atoms with Crippen molar-refractivity contribution in [1.82, 2.24) is 25.2 Å². The van der Waals surface area contributed by atoms with Crippen molar-refractivity contribution in [2.75, 3.05) is 25.6 Å². The van der Waals surface area contributed by atoms with Gasteiger partial charge in [0.15, 0.2) is 0 Å². The highest BCUT2D eigenvalue weighted by Crippen LogP contribution is 2.31. The van der Waals surface area contributed by atoms with Crippen LogP contribution in [-0.2, 0) is 16.1 Å². The summed E-state index contributed by atoms with van der Waals surface area (Å²) in [6.07, 6.45) is 7.36. The average molecular weight is 565 g/mol. The molecule has 1 aliphatic heterocycles. The molecule has 10 nitrogen and oxygen atoms in total.